The van der Waals surface area contributed by atoms with Gasteiger partial charge < -0.3 is 4.74 Å². The van der Waals surface area contributed by atoms with E-state index in [1.54, 1.807) is 17.2 Å². The molecular weight excluding hydrogens is 300 g/mol. The number of hydrogen-bond acceptors (Lipinski definition) is 5. The lowest BCUT2D eigenvalue weighted by atomic mass is 10.0. The number of carbonyl (C=O) groups is 2. The van der Waals surface area contributed by atoms with Crippen molar-refractivity contribution in [1.29, 1.82) is 0 Å². The minimum absolute atomic E-state index is 0.0516. The molecule has 0 unspecified atom stereocenters. The van der Waals surface area contributed by atoms with Crippen molar-refractivity contribution in [3.8, 4) is 0 Å². The van der Waals surface area contributed by atoms with Gasteiger partial charge in [0, 0.05) is 12.7 Å². The fourth-order valence-corrected chi connectivity index (χ4v) is 3.14. The number of nitrogens with zero attached hydrogens (tertiary/aromatic N) is 2. The van der Waals surface area contributed by atoms with Gasteiger partial charge in [-0.05, 0) is 63.9 Å². The zero-order chi connectivity index (χ0) is 16.2. The summed E-state index contributed by atoms with van der Waals surface area (Å²) in [7, 11) is 0. The maximum Gasteiger partial charge on any atom is 0.410 e. The summed E-state index contributed by atoms with van der Waals surface area (Å²) in [6.07, 6.45) is 3.77. The van der Waals surface area contributed by atoms with E-state index in [-0.39, 0.29) is 5.12 Å². The number of ether oxygens (including phenoxy) is 1. The monoisotopic (exact) mass is 322 g/mol. The summed E-state index contributed by atoms with van der Waals surface area (Å²) >= 11 is 1.09. The molecule has 0 aromatic carbocycles. The molecule has 5 nitrogen and oxygen atoms in total. The summed E-state index contributed by atoms with van der Waals surface area (Å²) < 4.78 is 5.42. The Morgan fingerprint density at radius 3 is 2.73 bits per heavy atom. The SMILES string of the molecule is CC(C)(C)OC(=O)N1CCCC[C@@H]1C(=O)Sc1ccccn1. The van der Waals surface area contributed by atoms with Crippen LogP contribution in [0.3, 0.4) is 0 Å². The Morgan fingerprint density at radius 2 is 2.09 bits per heavy atom. The predicted octanol–water partition coefficient (Wildman–Crippen LogP) is 3.49. The van der Waals surface area contributed by atoms with E-state index in [0.717, 1.165) is 24.6 Å². The number of thioether (sulfide) groups is 1. The number of carbonyl (C=O) groups excluding carboxylic acids is 2. The topological polar surface area (TPSA) is 59.5 Å². The van der Waals surface area contributed by atoms with Crippen LogP contribution in [0.1, 0.15) is 40.0 Å². The normalized spacial score (nSPS) is 18.9. The number of hydrogen-bond donors (Lipinski definition) is 0. The molecule has 1 aliphatic heterocycles. The molecule has 1 aromatic rings. The maximum atomic E-state index is 12.5. The fraction of sp³-hybridized carbons (Fsp3) is 0.562. The molecule has 1 atom stereocenters. The highest BCUT2D eigenvalue weighted by Gasteiger charge is 2.35. The van der Waals surface area contributed by atoms with Crippen molar-refractivity contribution >= 4 is 23.0 Å². The van der Waals surface area contributed by atoms with Crippen LogP contribution >= 0.6 is 11.8 Å². The number of piperidine rings is 1. The van der Waals surface area contributed by atoms with Gasteiger partial charge in [-0.3, -0.25) is 9.69 Å². The second kappa shape index (κ2) is 7.13. The third kappa shape index (κ3) is 4.73. The van der Waals surface area contributed by atoms with Crippen LogP contribution in [0.5, 0.6) is 0 Å². The van der Waals surface area contributed by atoms with Crippen LogP contribution in [0.2, 0.25) is 0 Å². The first-order valence-electron chi connectivity index (χ1n) is 7.49. The zero-order valence-electron chi connectivity index (χ0n) is 13.2. The van der Waals surface area contributed by atoms with E-state index in [0.29, 0.717) is 18.0 Å². The molecule has 2 rings (SSSR count). The number of likely N-dealkylation sites (tertiary alicyclic amines) is 1. The molecule has 1 aliphatic rings. The number of rotatable bonds is 2. The van der Waals surface area contributed by atoms with Crippen LogP contribution in [-0.2, 0) is 9.53 Å². The number of pyridine rings is 1. The molecule has 22 heavy (non-hydrogen) atoms. The Morgan fingerprint density at radius 1 is 1.32 bits per heavy atom. The Balaban J connectivity index is 2.05. The first kappa shape index (κ1) is 16.8. The predicted molar refractivity (Wildman–Crippen MR) is 85.7 cm³/mol. The molecule has 120 valence electrons. The Labute approximate surface area is 135 Å². The molecule has 1 aromatic heterocycles. The molecule has 0 spiro atoms. The average Bonchev–Trinajstić information content (AvgIpc) is 2.46. The molecule has 1 saturated heterocycles. The first-order valence-corrected chi connectivity index (χ1v) is 8.31. The smallest absolute Gasteiger partial charge is 0.410 e. The molecule has 1 fully saturated rings. The molecule has 2 heterocycles. The zero-order valence-corrected chi connectivity index (χ0v) is 14.1. The van der Waals surface area contributed by atoms with Crippen LogP contribution in [-0.4, -0.2) is 39.3 Å². The first-order chi connectivity index (χ1) is 10.4. The second-order valence-corrected chi connectivity index (χ2v) is 7.30. The van der Waals surface area contributed by atoms with Gasteiger partial charge in [-0.2, -0.15) is 0 Å². The van der Waals surface area contributed by atoms with E-state index in [1.807, 2.05) is 32.9 Å². The van der Waals surface area contributed by atoms with Gasteiger partial charge in [-0.15, -0.1) is 0 Å². The van der Waals surface area contributed by atoms with Crippen LogP contribution in [0.25, 0.3) is 0 Å². The molecule has 6 heteroatoms. The van der Waals surface area contributed by atoms with Crippen molar-refractivity contribution in [2.24, 2.45) is 0 Å². The highest BCUT2D eigenvalue weighted by Crippen LogP contribution is 2.27. The maximum absolute atomic E-state index is 12.5. The molecule has 0 aliphatic carbocycles. The van der Waals surface area contributed by atoms with Crippen molar-refractivity contribution in [3.05, 3.63) is 24.4 Å². The Hall–Kier alpha value is -1.56. The lowest BCUT2D eigenvalue weighted by Gasteiger charge is -2.35. The van der Waals surface area contributed by atoms with E-state index in [4.69, 9.17) is 4.74 Å². The van der Waals surface area contributed by atoms with Crippen LogP contribution in [0.4, 0.5) is 4.79 Å². The van der Waals surface area contributed by atoms with Crippen LogP contribution in [0, 0.1) is 0 Å². The van der Waals surface area contributed by atoms with Gasteiger partial charge in [0.2, 0.25) is 5.12 Å². The van der Waals surface area contributed by atoms with Gasteiger partial charge in [0.15, 0.2) is 0 Å². The summed E-state index contributed by atoms with van der Waals surface area (Å²) in [5.41, 5.74) is -0.559. The summed E-state index contributed by atoms with van der Waals surface area (Å²) in [4.78, 5) is 30.5. The summed E-state index contributed by atoms with van der Waals surface area (Å²) in [6.45, 7) is 6.05. The van der Waals surface area contributed by atoms with Gasteiger partial charge in [-0.25, -0.2) is 9.78 Å². The van der Waals surface area contributed by atoms with Gasteiger partial charge in [-0.1, -0.05) is 6.07 Å². The van der Waals surface area contributed by atoms with Crippen molar-refractivity contribution < 1.29 is 14.3 Å². The van der Waals surface area contributed by atoms with E-state index in [1.165, 1.54) is 0 Å². The molecule has 0 saturated carbocycles. The van der Waals surface area contributed by atoms with Crippen molar-refractivity contribution in [2.45, 2.75) is 56.7 Å². The third-order valence-electron chi connectivity index (χ3n) is 3.25. The lowest BCUT2D eigenvalue weighted by molar-refractivity contribution is -0.116. The van der Waals surface area contributed by atoms with Crippen molar-refractivity contribution in [2.75, 3.05) is 6.54 Å². The second-order valence-electron chi connectivity index (χ2n) is 6.27. The highest BCUT2D eigenvalue weighted by atomic mass is 32.2. The minimum atomic E-state index is -0.559. The fourth-order valence-electron chi connectivity index (χ4n) is 2.29. The molecule has 0 bridgehead atoms. The van der Waals surface area contributed by atoms with Crippen molar-refractivity contribution in [3.63, 3.8) is 0 Å². The van der Waals surface area contributed by atoms with E-state index in [2.05, 4.69) is 4.98 Å². The number of amides is 1. The van der Waals surface area contributed by atoms with E-state index >= 15 is 0 Å². The van der Waals surface area contributed by atoms with E-state index in [9.17, 15) is 9.59 Å². The van der Waals surface area contributed by atoms with Gasteiger partial charge in [0.05, 0.1) is 0 Å². The molecular formula is C16H22N2O3S. The minimum Gasteiger partial charge on any atom is -0.444 e. The van der Waals surface area contributed by atoms with Crippen LogP contribution < -0.4 is 0 Å². The third-order valence-corrected chi connectivity index (χ3v) is 4.17. The highest BCUT2D eigenvalue weighted by molar-refractivity contribution is 8.13. The van der Waals surface area contributed by atoms with E-state index < -0.39 is 17.7 Å². The Kier molecular flexibility index (Phi) is 5.45. The summed E-state index contributed by atoms with van der Waals surface area (Å²) in [5.74, 6) is 0. The molecule has 1 amide bonds. The summed E-state index contributed by atoms with van der Waals surface area (Å²) in [5, 5.41) is 0.603. The number of aromatic nitrogens is 1. The molecule has 0 N–H and O–H groups in total. The summed E-state index contributed by atoms with van der Waals surface area (Å²) in [6, 6.07) is 5.01. The van der Waals surface area contributed by atoms with Crippen LogP contribution in [0.15, 0.2) is 29.4 Å². The Bertz CT molecular complexity index is 528. The quantitative estimate of drug-likeness (QED) is 0.780. The van der Waals surface area contributed by atoms with Gasteiger partial charge in [0.1, 0.15) is 16.7 Å². The standard InChI is InChI=1S/C16H22N2O3S/c1-16(2,3)21-15(20)18-11-7-5-8-12(18)14(19)22-13-9-4-6-10-17-13/h4,6,9-10,12H,5,7-8,11H2,1-3H3/t12-/m1/s1. The van der Waals surface area contributed by atoms with Gasteiger partial charge in [0.25, 0.3) is 0 Å². The largest absolute Gasteiger partial charge is 0.444 e. The van der Waals surface area contributed by atoms with Gasteiger partial charge >= 0.3 is 6.09 Å². The molecule has 0 radical (unpaired) electrons. The average molecular weight is 322 g/mol. The van der Waals surface area contributed by atoms with Crippen molar-refractivity contribution in [1.82, 2.24) is 9.88 Å². The lowest BCUT2D eigenvalue weighted by Crippen LogP contribution is -2.49.